The van der Waals surface area contributed by atoms with Crippen molar-refractivity contribution in [3.63, 3.8) is 0 Å². The molecule has 0 fully saturated rings. The zero-order valence-electron chi connectivity index (χ0n) is 12.3. The van der Waals surface area contributed by atoms with E-state index in [0.29, 0.717) is 11.1 Å². The first kappa shape index (κ1) is 15.6. The number of halogens is 2. The third-order valence-electron chi connectivity index (χ3n) is 3.57. The Kier molecular flexibility index (Phi) is 4.34. The maximum atomic E-state index is 13.7. The summed E-state index contributed by atoms with van der Waals surface area (Å²) in [6.45, 7) is 1.92. The number of aromatic nitrogens is 1. The van der Waals surface area contributed by atoms with E-state index in [9.17, 15) is 13.6 Å². The van der Waals surface area contributed by atoms with Crippen LogP contribution in [0, 0.1) is 11.6 Å². The van der Waals surface area contributed by atoms with Crippen molar-refractivity contribution in [2.75, 3.05) is 5.32 Å². The van der Waals surface area contributed by atoms with Crippen molar-refractivity contribution < 1.29 is 13.6 Å². The average molecular weight is 332 g/mol. The number of benzene rings is 2. The Bertz CT molecular complexity index is 848. The molecule has 0 aliphatic heterocycles. The van der Waals surface area contributed by atoms with Crippen LogP contribution < -0.4 is 5.32 Å². The Balaban J connectivity index is 1.86. The first-order valence-corrected chi connectivity index (χ1v) is 8.01. The van der Waals surface area contributed by atoms with E-state index in [0.717, 1.165) is 23.0 Å². The minimum absolute atomic E-state index is 0.0689. The lowest BCUT2D eigenvalue weighted by Gasteiger charge is -2.13. The van der Waals surface area contributed by atoms with Crippen LogP contribution in [-0.2, 0) is 4.79 Å². The predicted molar refractivity (Wildman–Crippen MR) is 87.6 cm³/mol. The fourth-order valence-corrected chi connectivity index (χ4v) is 3.37. The molecule has 118 valence electrons. The molecule has 1 amide bonds. The van der Waals surface area contributed by atoms with Crippen LogP contribution >= 0.6 is 11.3 Å². The van der Waals surface area contributed by atoms with E-state index in [4.69, 9.17) is 0 Å². The maximum Gasteiger partial charge on any atom is 0.233 e. The topological polar surface area (TPSA) is 42.0 Å². The maximum absolute atomic E-state index is 13.7. The lowest BCUT2D eigenvalue weighted by Crippen LogP contribution is -2.20. The van der Waals surface area contributed by atoms with Crippen LogP contribution in [0.15, 0.2) is 42.5 Å². The van der Waals surface area contributed by atoms with Gasteiger partial charge in [-0.1, -0.05) is 48.6 Å². The second-order valence-corrected chi connectivity index (χ2v) is 6.14. The van der Waals surface area contributed by atoms with Crippen molar-refractivity contribution >= 4 is 32.6 Å². The molecular formula is C17H14F2N2OS. The molecule has 23 heavy (non-hydrogen) atoms. The van der Waals surface area contributed by atoms with Gasteiger partial charge in [-0.2, -0.15) is 0 Å². The number of fused-ring (bicyclic) bond motifs is 1. The van der Waals surface area contributed by atoms with Crippen LogP contribution in [0.4, 0.5) is 13.9 Å². The molecular weight excluding hydrogens is 318 g/mol. The van der Waals surface area contributed by atoms with E-state index in [2.05, 4.69) is 10.3 Å². The molecule has 1 aromatic heterocycles. The molecule has 0 aliphatic carbocycles. The molecule has 2 aromatic carbocycles. The minimum atomic E-state index is -0.730. The quantitative estimate of drug-likeness (QED) is 0.752. The molecule has 0 spiro atoms. The highest BCUT2D eigenvalue weighted by Crippen LogP contribution is 2.30. The smallest absolute Gasteiger partial charge is 0.233 e. The molecule has 6 heteroatoms. The molecule has 3 nitrogen and oxygen atoms in total. The highest BCUT2D eigenvalue weighted by molar-refractivity contribution is 7.22. The second kappa shape index (κ2) is 6.42. The Morgan fingerprint density at radius 1 is 1.26 bits per heavy atom. The fourth-order valence-electron chi connectivity index (χ4n) is 2.46. The van der Waals surface area contributed by atoms with Crippen molar-refractivity contribution in [3.05, 3.63) is 59.7 Å². The summed E-state index contributed by atoms with van der Waals surface area (Å²) in [7, 11) is 0. The van der Waals surface area contributed by atoms with E-state index in [1.165, 1.54) is 6.07 Å². The summed E-state index contributed by atoms with van der Waals surface area (Å²) in [4.78, 5) is 16.5. The Morgan fingerprint density at radius 3 is 2.70 bits per heavy atom. The molecule has 1 heterocycles. The number of nitrogens with zero attached hydrogens (tertiary/aromatic N) is 1. The fraction of sp³-hybridized carbons (Fsp3) is 0.176. The van der Waals surface area contributed by atoms with Gasteiger partial charge in [0.25, 0.3) is 0 Å². The van der Waals surface area contributed by atoms with Crippen LogP contribution in [0.2, 0.25) is 0 Å². The minimum Gasteiger partial charge on any atom is -0.301 e. The summed E-state index contributed by atoms with van der Waals surface area (Å²) < 4.78 is 27.3. The van der Waals surface area contributed by atoms with Crippen LogP contribution in [0.3, 0.4) is 0 Å². The van der Waals surface area contributed by atoms with E-state index in [1.54, 1.807) is 0 Å². The highest BCUT2D eigenvalue weighted by Gasteiger charge is 2.20. The van der Waals surface area contributed by atoms with Gasteiger partial charge in [-0.25, -0.2) is 13.8 Å². The number of carbonyl (C=O) groups is 1. The molecule has 0 aliphatic rings. The Labute approximate surface area is 136 Å². The summed E-state index contributed by atoms with van der Waals surface area (Å²) in [5.41, 5.74) is 0.977. The van der Waals surface area contributed by atoms with Gasteiger partial charge in [0.1, 0.15) is 11.3 Å². The number of hydrogen-bond acceptors (Lipinski definition) is 3. The van der Waals surface area contributed by atoms with Crippen molar-refractivity contribution in [3.8, 4) is 0 Å². The number of anilines is 1. The van der Waals surface area contributed by atoms with Gasteiger partial charge in [0.05, 0.1) is 10.6 Å². The summed E-state index contributed by atoms with van der Waals surface area (Å²) in [5, 5.41) is 2.97. The SMILES string of the molecule is CC[C@@H](C(=O)Nc1nc2c(F)cc(F)cc2s1)c1ccccc1. The molecule has 1 N–H and O–H groups in total. The molecule has 3 rings (SSSR count). The van der Waals surface area contributed by atoms with Gasteiger partial charge in [-0.15, -0.1) is 0 Å². The molecule has 0 bridgehead atoms. The van der Waals surface area contributed by atoms with Crippen LogP contribution in [-0.4, -0.2) is 10.9 Å². The van der Waals surface area contributed by atoms with E-state index >= 15 is 0 Å². The van der Waals surface area contributed by atoms with Gasteiger partial charge in [0, 0.05) is 6.07 Å². The summed E-state index contributed by atoms with van der Waals surface area (Å²) in [5.74, 6) is -1.91. The van der Waals surface area contributed by atoms with Gasteiger partial charge in [-0.05, 0) is 18.1 Å². The van der Waals surface area contributed by atoms with E-state index in [1.807, 2.05) is 37.3 Å². The number of rotatable bonds is 4. The number of carbonyl (C=O) groups excluding carboxylic acids is 1. The third kappa shape index (κ3) is 3.22. The molecule has 0 radical (unpaired) electrons. The monoisotopic (exact) mass is 332 g/mol. The van der Waals surface area contributed by atoms with E-state index < -0.39 is 11.6 Å². The summed E-state index contributed by atoms with van der Waals surface area (Å²) in [6.07, 6.45) is 0.629. The summed E-state index contributed by atoms with van der Waals surface area (Å²) >= 11 is 1.05. The third-order valence-corrected chi connectivity index (χ3v) is 4.49. The predicted octanol–water partition coefficient (Wildman–Crippen LogP) is 4.71. The van der Waals surface area contributed by atoms with Gasteiger partial charge in [0.2, 0.25) is 5.91 Å². The molecule has 0 saturated heterocycles. The van der Waals surface area contributed by atoms with Gasteiger partial charge in [-0.3, -0.25) is 4.79 Å². The largest absolute Gasteiger partial charge is 0.301 e. The van der Waals surface area contributed by atoms with Crippen LogP contribution in [0.5, 0.6) is 0 Å². The first-order chi connectivity index (χ1) is 11.1. The van der Waals surface area contributed by atoms with Crippen molar-refractivity contribution in [2.45, 2.75) is 19.3 Å². The molecule has 0 saturated carbocycles. The number of thiazole rings is 1. The number of hydrogen-bond donors (Lipinski definition) is 1. The zero-order chi connectivity index (χ0) is 16.4. The van der Waals surface area contributed by atoms with Gasteiger partial charge >= 0.3 is 0 Å². The standard InChI is InChI=1S/C17H14F2N2OS/c1-2-12(10-6-4-3-5-7-10)16(22)21-17-20-15-13(19)8-11(18)9-14(15)23-17/h3-9,12H,2H2,1H3,(H,20,21,22)/t12-/m1/s1. The second-order valence-electron chi connectivity index (χ2n) is 5.11. The zero-order valence-corrected chi connectivity index (χ0v) is 13.2. The first-order valence-electron chi connectivity index (χ1n) is 7.20. The molecule has 1 atom stereocenters. The Hall–Kier alpha value is -2.34. The highest BCUT2D eigenvalue weighted by atomic mass is 32.1. The van der Waals surface area contributed by atoms with E-state index in [-0.39, 0.29) is 22.5 Å². The van der Waals surface area contributed by atoms with Crippen molar-refractivity contribution in [2.24, 2.45) is 0 Å². The average Bonchev–Trinajstić information content (AvgIpc) is 2.91. The lowest BCUT2D eigenvalue weighted by atomic mass is 9.96. The van der Waals surface area contributed by atoms with Gasteiger partial charge < -0.3 is 5.32 Å². The Morgan fingerprint density at radius 2 is 2.00 bits per heavy atom. The lowest BCUT2D eigenvalue weighted by molar-refractivity contribution is -0.117. The normalized spacial score (nSPS) is 12.3. The number of nitrogens with one attached hydrogen (secondary N) is 1. The van der Waals surface area contributed by atoms with Crippen LogP contribution in [0.1, 0.15) is 24.8 Å². The van der Waals surface area contributed by atoms with Crippen molar-refractivity contribution in [1.82, 2.24) is 4.98 Å². The van der Waals surface area contributed by atoms with Crippen molar-refractivity contribution in [1.29, 1.82) is 0 Å². The van der Waals surface area contributed by atoms with Gasteiger partial charge in [0.15, 0.2) is 10.9 Å². The van der Waals surface area contributed by atoms with Crippen LogP contribution in [0.25, 0.3) is 10.2 Å². The summed E-state index contributed by atoms with van der Waals surface area (Å²) in [6, 6.07) is 11.4. The molecule has 3 aromatic rings. The molecule has 0 unspecified atom stereocenters. The number of amides is 1.